The fourth-order valence-electron chi connectivity index (χ4n) is 1.34. The van der Waals surface area contributed by atoms with Gasteiger partial charge in [-0.25, -0.2) is 4.79 Å². The molecule has 0 aromatic carbocycles. The van der Waals surface area contributed by atoms with Crippen LogP contribution in [0.2, 0.25) is 0 Å². The molecule has 6 nitrogen and oxygen atoms in total. The van der Waals surface area contributed by atoms with Crippen molar-refractivity contribution in [1.29, 1.82) is 0 Å². The number of carbonyl (C=O) groups excluding carboxylic acids is 1. The quantitative estimate of drug-likeness (QED) is 0.252. The molecule has 0 saturated carbocycles. The SMILES string of the molecule is C=C(C)C(=O)OCCC(OCC1CO1)OCC1CO1. The number of carbonyl (C=O) groups is 1. The Hall–Kier alpha value is -0.950. The predicted molar refractivity (Wildman–Crippen MR) is 65.6 cm³/mol. The number of hydrogen-bond donors (Lipinski definition) is 0. The highest BCUT2D eigenvalue weighted by atomic mass is 16.7. The number of epoxide rings is 2. The standard InChI is InChI=1S/C13H20O6/c1-9(2)13(14)15-4-3-12(18-7-10-5-16-10)19-8-11-6-17-11/h10-12H,1,3-8H2,2H3. The average Bonchev–Trinajstić information content (AvgIpc) is 3.26. The third-order valence-corrected chi connectivity index (χ3v) is 2.68. The maximum absolute atomic E-state index is 11.2. The van der Waals surface area contributed by atoms with Gasteiger partial charge >= 0.3 is 5.97 Å². The first-order valence-corrected chi connectivity index (χ1v) is 6.44. The van der Waals surface area contributed by atoms with Gasteiger partial charge in [0.2, 0.25) is 0 Å². The molecule has 2 fully saturated rings. The first-order valence-electron chi connectivity index (χ1n) is 6.44. The Balaban J connectivity index is 1.61. The Kier molecular flexibility index (Phi) is 5.33. The third-order valence-electron chi connectivity index (χ3n) is 2.68. The second kappa shape index (κ2) is 7.00. The number of hydrogen-bond acceptors (Lipinski definition) is 6. The van der Waals surface area contributed by atoms with Gasteiger partial charge in [-0.2, -0.15) is 0 Å². The maximum Gasteiger partial charge on any atom is 0.333 e. The molecular weight excluding hydrogens is 252 g/mol. The van der Waals surface area contributed by atoms with Crippen molar-refractivity contribution in [1.82, 2.24) is 0 Å². The maximum atomic E-state index is 11.2. The molecule has 0 N–H and O–H groups in total. The first kappa shape index (κ1) is 14.5. The van der Waals surface area contributed by atoms with Crippen LogP contribution in [0.3, 0.4) is 0 Å². The summed E-state index contributed by atoms with van der Waals surface area (Å²) in [6.45, 7) is 7.86. The van der Waals surface area contributed by atoms with E-state index in [4.69, 9.17) is 23.7 Å². The van der Waals surface area contributed by atoms with E-state index in [2.05, 4.69) is 6.58 Å². The summed E-state index contributed by atoms with van der Waals surface area (Å²) in [5.74, 6) is -0.394. The number of rotatable bonds is 10. The highest BCUT2D eigenvalue weighted by molar-refractivity contribution is 5.86. The van der Waals surface area contributed by atoms with Gasteiger partial charge in [0.1, 0.15) is 12.2 Å². The van der Waals surface area contributed by atoms with Crippen LogP contribution in [0.4, 0.5) is 0 Å². The number of ether oxygens (including phenoxy) is 5. The molecule has 108 valence electrons. The molecule has 6 heteroatoms. The Bertz CT molecular complexity index is 305. The minimum Gasteiger partial charge on any atom is -0.462 e. The van der Waals surface area contributed by atoms with Crippen molar-refractivity contribution in [2.45, 2.75) is 31.8 Å². The van der Waals surface area contributed by atoms with Crippen LogP contribution in [0.1, 0.15) is 13.3 Å². The van der Waals surface area contributed by atoms with Crippen molar-refractivity contribution in [3.8, 4) is 0 Å². The lowest BCUT2D eigenvalue weighted by Gasteiger charge is -2.17. The molecule has 2 saturated heterocycles. The normalized spacial score (nSPS) is 25.7. The van der Waals surface area contributed by atoms with Crippen LogP contribution < -0.4 is 0 Å². The average molecular weight is 272 g/mol. The molecule has 0 radical (unpaired) electrons. The molecular formula is C13H20O6. The van der Waals surface area contributed by atoms with Crippen LogP contribution >= 0.6 is 0 Å². The summed E-state index contributed by atoms with van der Waals surface area (Å²) in [5, 5.41) is 0. The molecule has 0 bridgehead atoms. The van der Waals surface area contributed by atoms with Crippen molar-refractivity contribution < 1.29 is 28.5 Å². The topological polar surface area (TPSA) is 69.8 Å². The van der Waals surface area contributed by atoms with Gasteiger partial charge in [-0.05, 0) is 6.92 Å². The Morgan fingerprint density at radius 2 is 1.79 bits per heavy atom. The summed E-state index contributed by atoms with van der Waals surface area (Å²) < 4.78 is 26.3. The lowest BCUT2D eigenvalue weighted by atomic mass is 10.3. The zero-order valence-corrected chi connectivity index (χ0v) is 11.1. The van der Waals surface area contributed by atoms with Gasteiger partial charge in [0, 0.05) is 12.0 Å². The van der Waals surface area contributed by atoms with Crippen LogP contribution in [0.25, 0.3) is 0 Å². The van der Waals surface area contributed by atoms with Gasteiger partial charge in [0.15, 0.2) is 6.29 Å². The molecule has 19 heavy (non-hydrogen) atoms. The fourth-order valence-corrected chi connectivity index (χ4v) is 1.34. The van der Waals surface area contributed by atoms with E-state index in [9.17, 15) is 4.79 Å². The minimum absolute atomic E-state index is 0.182. The van der Waals surface area contributed by atoms with Crippen molar-refractivity contribution in [3.63, 3.8) is 0 Å². The molecule has 2 aliphatic rings. The van der Waals surface area contributed by atoms with Gasteiger partial charge in [0.25, 0.3) is 0 Å². The zero-order chi connectivity index (χ0) is 13.7. The van der Waals surface area contributed by atoms with E-state index >= 15 is 0 Å². The molecule has 2 aliphatic heterocycles. The smallest absolute Gasteiger partial charge is 0.333 e. The van der Waals surface area contributed by atoms with Crippen LogP contribution in [-0.4, -0.2) is 57.5 Å². The summed E-state index contributed by atoms with van der Waals surface area (Å²) >= 11 is 0. The highest BCUT2D eigenvalue weighted by Crippen LogP contribution is 2.15. The van der Waals surface area contributed by atoms with E-state index in [0.717, 1.165) is 13.2 Å². The third kappa shape index (κ3) is 6.15. The Morgan fingerprint density at radius 1 is 1.26 bits per heavy atom. The van der Waals surface area contributed by atoms with Crippen molar-refractivity contribution >= 4 is 5.97 Å². The van der Waals surface area contributed by atoms with Crippen molar-refractivity contribution in [2.24, 2.45) is 0 Å². The molecule has 2 atom stereocenters. The summed E-state index contributed by atoms with van der Waals surface area (Å²) in [4.78, 5) is 11.2. The minimum atomic E-state index is -0.397. The summed E-state index contributed by atoms with van der Waals surface area (Å²) in [7, 11) is 0. The second-order valence-corrected chi connectivity index (χ2v) is 4.71. The monoisotopic (exact) mass is 272 g/mol. The summed E-state index contributed by atoms with van der Waals surface area (Å²) in [5.41, 5.74) is 0.385. The molecule has 0 amide bonds. The van der Waals surface area contributed by atoms with Gasteiger partial charge in [-0.1, -0.05) is 6.58 Å². The summed E-state index contributed by atoms with van der Waals surface area (Å²) in [6, 6.07) is 0. The van der Waals surface area contributed by atoms with Gasteiger partial charge in [-0.15, -0.1) is 0 Å². The van der Waals surface area contributed by atoms with Gasteiger partial charge < -0.3 is 23.7 Å². The Morgan fingerprint density at radius 3 is 2.21 bits per heavy atom. The van der Waals surface area contributed by atoms with E-state index in [-0.39, 0.29) is 18.8 Å². The van der Waals surface area contributed by atoms with E-state index in [0.29, 0.717) is 25.2 Å². The molecule has 0 aromatic heterocycles. The van der Waals surface area contributed by atoms with Crippen LogP contribution in [0.15, 0.2) is 12.2 Å². The molecule has 0 spiro atoms. The van der Waals surface area contributed by atoms with Crippen LogP contribution in [0, 0.1) is 0 Å². The largest absolute Gasteiger partial charge is 0.462 e. The highest BCUT2D eigenvalue weighted by Gasteiger charge is 2.27. The van der Waals surface area contributed by atoms with E-state index < -0.39 is 12.3 Å². The fraction of sp³-hybridized carbons (Fsp3) is 0.769. The molecule has 2 rings (SSSR count). The van der Waals surface area contributed by atoms with E-state index in [1.165, 1.54) is 0 Å². The Labute approximate surface area is 112 Å². The van der Waals surface area contributed by atoms with E-state index in [1.54, 1.807) is 6.92 Å². The lowest BCUT2D eigenvalue weighted by molar-refractivity contribution is -0.162. The zero-order valence-electron chi connectivity index (χ0n) is 11.1. The molecule has 2 unspecified atom stereocenters. The van der Waals surface area contributed by atoms with Gasteiger partial charge in [-0.3, -0.25) is 0 Å². The molecule has 0 aromatic rings. The first-order chi connectivity index (χ1) is 9.15. The predicted octanol–water partition coefficient (Wildman–Crippen LogP) is 0.653. The number of esters is 1. The second-order valence-electron chi connectivity index (χ2n) is 4.71. The van der Waals surface area contributed by atoms with Crippen molar-refractivity contribution in [2.75, 3.05) is 33.0 Å². The summed E-state index contributed by atoms with van der Waals surface area (Å²) in [6.07, 6.45) is 0.451. The molecule has 0 aliphatic carbocycles. The van der Waals surface area contributed by atoms with Crippen molar-refractivity contribution in [3.05, 3.63) is 12.2 Å². The van der Waals surface area contributed by atoms with Crippen LogP contribution in [0.5, 0.6) is 0 Å². The van der Waals surface area contributed by atoms with Crippen LogP contribution in [-0.2, 0) is 28.5 Å². The van der Waals surface area contributed by atoms with E-state index in [1.807, 2.05) is 0 Å². The van der Waals surface area contributed by atoms with Gasteiger partial charge in [0.05, 0.1) is 33.0 Å². The lowest BCUT2D eigenvalue weighted by Crippen LogP contribution is -2.24. The molecule has 2 heterocycles.